The van der Waals surface area contributed by atoms with Crippen molar-refractivity contribution in [2.24, 2.45) is 0 Å². The topological polar surface area (TPSA) is 75.5 Å². The molecule has 0 radical (unpaired) electrons. The maximum absolute atomic E-state index is 13.8. The van der Waals surface area contributed by atoms with E-state index < -0.39 is 0 Å². The minimum absolute atomic E-state index is 0.0262. The number of anilines is 3. The van der Waals surface area contributed by atoms with E-state index in [1.165, 1.54) is 24.1 Å². The Morgan fingerprint density at radius 1 is 1.07 bits per heavy atom. The summed E-state index contributed by atoms with van der Waals surface area (Å²) in [5.74, 6) is 0.447. The lowest BCUT2D eigenvalue weighted by Gasteiger charge is -2.37. The van der Waals surface area contributed by atoms with Crippen molar-refractivity contribution in [3.63, 3.8) is 0 Å². The lowest BCUT2D eigenvalue weighted by atomic mass is 10.0. The van der Waals surface area contributed by atoms with E-state index in [0.717, 1.165) is 37.0 Å². The zero-order chi connectivity index (χ0) is 28.5. The number of fused-ring (bicyclic) bond motifs is 1. The molecule has 0 aliphatic carbocycles. The molecule has 214 valence electrons. The summed E-state index contributed by atoms with van der Waals surface area (Å²) in [6.45, 7) is 5.41. The van der Waals surface area contributed by atoms with Gasteiger partial charge in [-0.1, -0.05) is 29.8 Å². The second-order valence-corrected chi connectivity index (χ2v) is 11.8. The summed E-state index contributed by atoms with van der Waals surface area (Å²) in [4.78, 5) is 28.1. The average molecular weight is 573 g/mol. The molecule has 0 unspecified atom stereocenters. The highest BCUT2D eigenvalue weighted by molar-refractivity contribution is 6.33. The summed E-state index contributed by atoms with van der Waals surface area (Å²) in [5.41, 5.74) is 5.06. The number of halogens is 1. The smallest absolute Gasteiger partial charge is 0.260 e. The summed E-state index contributed by atoms with van der Waals surface area (Å²) in [6, 6.07) is 16.3. The van der Waals surface area contributed by atoms with Gasteiger partial charge in [0.2, 0.25) is 5.95 Å². The van der Waals surface area contributed by atoms with E-state index in [1.54, 1.807) is 16.8 Å². The molecular weight excluding hydrogens is 536 g/mol. The van der Waals surface area contributed by atoms with Gasteiger partial charge in [0, 0.05) is 64.8 Å². The van der Waals surface area contributed by atoms with Crippen molar-refractivity contribution in [1.82, 2.24) is 19.4 Å². The molecule has 8 nitrogen and oxygen atoms in total. The Morgan fingerprint density at radius 2 is 1.88 bits per heavy atom. The largest absolute Gasteiger partial charge is 0.376 e. The number of rotatable bonds is 7. The minimum Gasteiger partial charge on any atom is -0.376 e. The van der Waals surface area contributed by atoms with Crippen LogP contribution in [0.2, 0.25) is 5.02 Å². The molecule has 1 N–H and O–H groups in total. The zero-order valence-corrected chi connectivity index (χ0v) is 24.7. The third-order valence-electron chi connectivity index (χ3n) is 8.39. The molecule has 6 rings (SSSR count). The van der Waals surface area contributed by atoms with Crippen LogP contribution in [0, 0.1) is 6.92 Å². The molecule has 1 atom stereocenters. The van der Waals surface area contributed by atoms with Crippen LogP contribution in [0.1, 0.15) is 31.2 Å². The van der Waals surface area contributed by atoms with Crippen molar-refractivity contribution in [2.75, 3.05) is 44.0 Å². The van der Waals surface area contributed by atoms with Gasteiger partial charge in [0.25, 0.3) is 5.56 Å². The Labute approximate surface area is 245 Å². The number of pyridine rings is 1. The first kappa shape index (κ1) is 27.7. The second-order valence-electron chi connectivity index (χ2n) is 11.4. The third-order valence-corrected chi connectivity index (χ3v) is 8.72. The Hall–Kier alpha value is -3.46. The fourth-order valence-corrected chi connectivity index (χ4v) is 6.33. The molecular formula is C32H37ClN6O2. The number of aromatic nitrogens is 3. The normalized spacial score (nSPS) is 18.0. The highest BCUT2D eigenvalue weighted by atomic mass is 35.5. The average Bonchev–Trinajstić information content (AvgIpc) is 3.49. The predicted molar refractivity (Wildman–Crippen MR) is 167 cm³/mol. The molecule has 41 heavy (non-hydrogen) atoms. The van der Waals surface area contributed by atoms with Gasteiger partial charge in [0.05, 0.1) is 12.6 Å². The van der Waals surface area contributed by atoms with E-state index >= 15 is 0 Å². The maximum Gasteiger partial charge on any atom is 0.260 e. The lowest BCUT2D eigenvalue weighted by Crippen LogP contribution is -2.42. The van der Waals surface area contributed by atoms with Crippen LogP contribution in [0.25, 0.3) is 22.2 Å². The van der Waals surface area contributed by atoms with Crippen LogP contribution in [0.15, 0.2) is 59.5 Å². The standard InChI is InChI=1S/C32H37ClN6O2/c1-21-17-23(10-11-29(21)38-14-12-24(13-15-38)37(2)3)35-32-34-19-22-18-27(26-8-4-5-9-28(26)33)31(40)39(30(22)36-32)20-25-7-6-16-41-25/h4-5,8-11,17-19,24-25H,6-7,12-16,20H2,1-3H3,(H,34,35,36)/t25-/m1/s1. The van der Waals surface area contributed by atoms with Gasteiger partial charge in [-0.05, 0) is 82.6 Å². The number of hydrogen-bond acceptors (Lipinski definition) is 7. The maximum atomic E-state index is 13.8. The number of benzene rings is 2. The molecule has 2 fully saturated rings. The Balaban J connectivity index is 1.30. The van der Waals surface area contributed by atoms with E-state index in [0.29, 0.717) is 46.9 Å². The van der Waals surface area contributed by atoms with E-state index in [2.05, 4.69) is 59.3 Å². The van der Waals surface area contributed by atoms with Gasteiger partial charge in [-0.15, -0.1) is 0 Å². The summed E-state index contributed by atoms with van der Waals surface area (Å²) in [5, 5.41) is 4.68. The fraction of sp³-hybridized carbons (Fsp3) is 0.406. The molecule has 2 aromatic carbocycles. The van der Waals surface area contributed by atoms with Gasteiger partial charge in [0.1, 0.15) is 5.65 Å². The quantitative estimate of drug-likeness (QED) is 0.297. The van der Waals surface area contributed by atoms with Gasteiger partial charge in [0.15, 0.2) is 0 Å². The summed E-state index contributed by atoms with van der Waals surface area (Å²) < 4.78 is 7.62. The number of nitrogens with zero attached hydrogens (tertiary/aromatic N) is 5. The molecule has 4 heterocycles. The summed E-state index contributed by atoms with van der Waals surface area (Å²) >= 11 is 6.49. The first-order valence-corrected chi connectivity index (χ1v) is 14.8. The molecule has 2 aromatic heterocycles. The number of aryl methyl sites for hydroxylation is 1. The monoisotopic (exact) mass is 572 g/mol. The number of hydrogen-bond donors (Lipinski definition) is 1. The molecule has 4 aromatic rings. The van der Waals surface area contributed by atoms with Crippen LogP contribution in [0.3, 0.4) is 0 Å². The molecule has 0 saturated carbocycles. The molecule has 2 saturated heterocycles. The molecule has 0 amide bonds. The van der Waals surface area contributed by atoms with Crippen molar-refractivity contribution in [3.05, 3.63) is 75.7 Å². The second kappa shape index (κ2) is 11.8. The first-order valence-electron chi connectivity index (χ1n) is 14.4. The van der Waals surface area contributed by atoms with E-state index in [-0.39, 0.29) is 11.7 Å². The van der Waals surface area contributed by atoms with Crippen LogP contribution in [-0.2, 0) is 11.3 Å². The molecule has 0 bridgehead atoms. The third kappa shape index (κ3) is 5.82. The van der Waals surface area contributed by atoms with E-state index in [1.807, 2.05) is 24.3 Å². The fourth-order valence-electron chi connectivity index (χ4n) is 6.09. The van der Waals surface area contributed by atoms with Crippen molar-refractivity contribution < 1.29 is 4.74 Å². The Kier molecular flexibility index (Phi) is 7.97. The van der Waals surface area contributed by atoms with Crippen LogP contribution in [0.5, 0.6) is 0 Å². The lowest BCUT2D eigenvalue weighted by molar-refractivity contribution is 0.0971. The van der Waals surface area contributed by atoms with Gasteiger partial charge in [-0.3, -0.25) is 9.36 Å². The molecule has 2 aliphatic heterocycles. The van der Waals surface area contributed by atoms with Crippen LogP contribution < -0.4 is 15.8 Å². The number of piperidine rings is 1. The number of nitrogens with one attached hydrogen (secondary N) is 1. The highest BCUT2D eigenvalue weighted by Crippen LogP contribution is 2.30. The highest BCUT2D eigenvalue weighted by Gasteiger charge is 2.23. The zero-order valence-electron chi connectivity index (χ0n) is 23.9. The molecule has 9 heteroatoms. The molecule has 2 aliphatic rings. The van der Waals surface area contributed by atoms with Crippen molar-refractivity contribution in [3.8, 4) is 11.1 Å². The van der Waals surface area contributed by atoms with Gasteiger partial charge >= 0.3 is 0 Å². The van der Waals surface area contributed by atoms with Gasteiger partial charge < -0.3 is 19.9 Å². The van der Waals surface area contributed by atoms with E-state index in [9.17, 15) is 4.79 Å². The predicted octanol–water partition coefficient (Wildman–Crippen LogP) is 5.87. The first-order chi connectivity index (χ1) is 19.9. The van der Waals surface area contributed by atoms with Gasteiger partial charge in [-0.2, -0.15) is 4.98 Å². The molecule has 0 spiro atoms. The Morgan fingerprint density at radius 3 is 2.59 bits per heavy atom. The SMILES string of the molecule is Cc1cc(Nc2ncc3cc(-c4ccccc4Cl)c(=O)n(C[C@H]4CCCO4)c3n2)ccc1N1CCC(N(C)C)CC1. The van der Waals surface area contributed by atoms with E-state index in [4.69, 9.17) is 21.3 Å². The van der Waals surface area contributed by atoms with Crippen molar-refractivity contribution in [2.45, 2.75) is 51.3 Å². The van der Waals surface area contributed by atoms with Crippen molar-refractivity contribution >= 4 is 40.0 Å². The Bertz CT molecular complexity index is 1610. The summed E-state index contributed by atoms with van der Waals surface area (Å²) in [6.07, 6.45) is 5.99. The van der Waals surface area contributed by atoms with Crippen molar-refractivity contribution in [1.29, 1.82) is 0 Å². The summed E-state index contributed by atoms with van der Waals surface area (Å²) in [7, 11) is 4.33. The minimum atomic E-state index is -0.135. The van der Waals surface area contributed by atoms with Crippen LogP contribution in [-0.4, -0.2) is 65.4 Å². The van der Waals surface area contributed by atoms with Gasteiger partial charge in [-0.25, -0.2) is 4.98 Å². The van der Waals surface area contributed by atoms with Crippen LogP contribution in [0.4, 0.5) is 17.3 Å². The number of ether oxygens (including phenoxy) is 1. The van der Waals surface area contributed by atoms with Crippen LogP contribution >= 0.6 is 11.6 Å².